The van der Waals surface area contributed by atoms with Gasteiger partial charge >= 0.3 is 0 Å². The van der Waals surface area contributed by atoms with Crippen LogP contribution in [0.4, 0.5) is 5.00 Å². The van der Waals surface area contributed by atoms with Gasteiger partial charge in [-0.1, -0.05) is 12.1 Å². The van der Waals surface area contributed by atoms with Crippen LogP contribution in [0.3, 0.4) is 0 Å². The summed E-state index contributed by atoms with van der Waals surface area (Å²) in [6.07, 6.45) is 0. The summed E-state index contributed by atoms with van der Waals surface area (Å²) in [5.74, 6) is 0. The molecule has 5 rings (SSSR count). The van der Waals surface area contributed by atoms with E-state index in [2.05, 4.69) is 23.1 Å². The average Bonchev–Trinajstić information content (AvgIpc) is 3.08. The number of fused-ring (bicyclic) bond motifs is 2. The fraction of sp³-hybridized carbons (Fsp3) is 0.312. The Morgan fingerprint density at radius 1 is 1.18 bits per heavy atom. The third kappa shape index (κ3) is 1.85. The monoisotopic (exact) mass is 329 g/mol. The Hall–Kier alpha value is -1.47. The topological polar surface area (TPSA) is 51.4 Å². The lowest BCUT2D eigenvalue weighted by Gasteiger charge is -2.34. The predicted octanol–water partition coefficient (Wildman–Crippen LogP) is 3.32. The number of benzene rings is 1. The number of ether oxygens (including phenoxy) is 1. The van der Waals surface area contributed by atoms with E-state index in [0.29, 0.717) is 6.04 Å². The SMILES string of the molecule is Nc1sc2c(c1-c1nc3ccccc3s1)CN(C1COC1)C2. The number of thiazole rings is 1. The predicted molar refractivity (Wildman–Crippen MR) is 91.2 cm³/mol. The van der Waals surface area contributed by atoms with Crippen molar-refractivity contribution in [2.24, 2.45) is 0 Å². The van der Waals surface area contributed by atoms with Crippen molar-refractivity contribution in [2.75, 3.05) is 18.9 Å². The molecule has 4 heterocycles. The van der Waals surface area contributed by atoms with Crippen molar-refractivity contribution >= 4 is 37.9 Å². The molecule has 2 aliphatic heterocycles. The molecule has 6 heteroatoms. The fourth-order valence-corrected chi connectivity index (χ4v) is 5.40. The molecule has 22 heavy (non-hydrogen) atoms. The Balaban J connectivity index is 1.58. The first-order valence-corrected chi connectivity index (χ1v) is 9.00. The molecule has 2 aromatic heterocycles. The van der Waals surface area contributed by atoms with E-state index in [1.54, 1.807) is 22.7 Å². The molecule has 0 amide bonds. The number of hydrogen-bond acceptors (Lipinski definition) is 6. The van der Waals surface area contributed by atoms with E-state index in [-0.39, 0.29) is 0 Å². The Bertz CT molecular complexity index is 833. The zero-order valence-corrected chi connectivity index (χ0v) is 13.5. The molecule has 4 nitrogen and oxygen atoms in total. The van der Waals surface area contributed by atoms with E-state index >= 15 is 0 Å². The summed E-state index contributed by atoms with van der Waals surface area (Å²) in [5.41, 5.74) is 9.93. The molecule has 0 atom stereocenters. The third-order valence-electron chi connectivity index (χ3n) is 4.47. The number of thiophene rings is 1. The lowest BCUT2D eigenvalue weighted by atomic mass is 10.1. The molecule has 1 saturated heterocycles. The number of para-hydroxylation sites is 1. The van der Waals surface area contributed by atoms with Crippen LogP contribution < -0.4 is 5.73 Å². The summed E-state index contributed by atoms with van der Waals surface area (Å²) in [4.78, 5) is 8.70. The van der Waals surface area contributed by atoms with Crippen LogP contribution in [0.25, 0.3) is 20.8 Å². The van der Waals surface area contributed by atoms with Gasteiger partial charge in [0.05, 0.1) is 34.5 Å². The van der Waals surface area contributed by atoms with Crippen LogP contribution in [0.1, 0.15) is 10.4 Å². The summed E-state index contributed by atoms with van der Waals surface area (Å²) < 4.78 is 6.55. The van der Waals surface area contributed by atoms with Gasteiger partial charge in [0.2, 0.25) is 0 Å². The molecule has 2 aliphatic rings. The smallest absolute Gasteiger partial charge is 0.127 e. The quantitative estimate of drug-likeness (QED) is 0.783. The molecule has 2 N–H and O–H groups in total. The summed E-state index contributed by atoms with van der Waals surface area (Å²) in [5, 5.41) is 1.97. The van der Waals surface area contributed by atoms with Gasteiger partial charge in [0, 0.05) is 23.5 Å². The van der Waals surface area contributed by atoms with Crippen LogP contribution in [-0.4, -0.2) is 29.1 Å². The van der Waals surface area contributed by atoms with Gasteiger partial charge in [0.15, 0.2) is 0 Å². The van der Waals surface area contributed by atoms with E-state index in [0.717, 1.165) is 41.8 Å². The minimum atomic E-state index is 0.573. The van der Waals surface area contributed by atoms with Gasteiger partial charge in [0.25, 0.3) is 0 Å². The lowest BCUT2D eigenvalue weighted by Crippen LogP contribution is -2.46. The highest BCUT2D eigenvalue weighted by atomic mass is 32.1. The maximum absolute atomic E-state index is 6.32. The number of nitrogen functional groups attached to an aromatic ring is 1. The fourth-order valence-electron chi connectivity index (χ4n) is 3.18. The van der Waals surface area contributed by atoms with Crippen molar-refractivity contribution in [3.63, 3.8) is 0 Å². The van der Waals surface area contributed by atoms with E-state index in [1.165, 1.54) is 20.7 Å². The second-order valence-corrected chi connectivity index (χ2v) is 7.99. The van der Waals surface area contributed by atoms with Crippen molar-refractivity contribution in [1.82, 2.24) is 9.88 Å². The Labute approximate surface area is 136 Å². The standard InChI is InChI=1S/C16H15N3OS2/c17-15-14(16-18-11-3-1-2-4-12(11)22-16)10-5-19(6-13(10)21-15)9-7-20-8-9/h1-4,9H,5-8,17H2. The molecule has 0 bridgehead atoms. The second kappa shape index (κ2) is 4.76. The van der Waals surface area contributed by atoms with Crippen molar-refractivity contribution in [3.8, 4) is 10.6 Å². The molecule has 0 spiro atoms. The highest BCUT2D eigenvalue weighted by molar-refractivity contribution is 7.22. The number of anilines is 1. The first-order valence-electron chi connectivity index (χ1n) is 7.37. The number of hydrogen-bond donors (Lipinski definition) is 1. The second-order valence-electron chi connectivity index (χ2n) is 5.83. The van der Waals surface area contributed by atoms with Gasteiger partial charge in [-0.15, -0.1) is 22.7 Å². The van der Waals surface area contributed by atoms with E-state index in [1.807, 2.05) is 6.07 Å². The van der Waals surface area contributed by atoms with E-state index < -0.39 is 0 Å². The van der Waals surface area contributed by atoms with Crippen molar-refractivity contribution in [1.29, 1.82) is 0 Å². The molecule has 112 valence electrons. The molecule has 0 unspecified atom stereocenters. The molecule has 1 aromatic carbocycles. The largest absolute Gasteiger partial charge is 0.390 e. The molecule has 1 fully saturated rings. The number of rotatable bonds is 2. The van der Waals surface area contributed by atoms with E-state index in [9.17, 15) is 0 Å². The number of aromatic nitrogens is 1. The van der Waals surface area contributed by atoms with Gasteiger partial charge in [-0.2, -0.15) is 0 Å². The summed E-state index contributed by atoms with van der Waals surface area (Å²) >= 11 is 3.46. The molecular formula is C16H15N3OS2. The minimum absolute atomic E-state index is 0.573. The maximum Gasteiger partial charge on any atom is 0.127 e. The summed E-state index contributed by atoms with van der Waals surface area (Å²) in [7, 11) is 0. The number of nitrogens with two attached hydrogens (primary N) is 1. The average molecular weight is 329 g/mol. The van der Waals surface area contributed by atoms with Gasteiger partial charge in [-0.3, -0.25) is 4.90 Å². The highest BCUT2D eigenvalue weighted by Gasteiger charge is 2.34. The van der Waals surface area contributed by atoms with Gasteiger partial charge < -0.3 is 10.5 Å². The van der Waals surface area contributed by atoms with Crippen molar-refractivity contribution < 1.29 is 4.74 Å². The third-order valence-corrected chi connectivity index (χ3v) is 6.57. The van der Waals surface area contributed by atoms with Crippen LogP contribution in [0.15, 0.2) is 24.3 Å². The lowest BCUT2D eigenvalue weighted by molar-refractivity contribution is -0.0668. The van der Waals surface area contributed by atoms with Crippen LogP contribution in [0.2, 0.25) is 0 Å². The summed E-state index contributed by atoms with van der Waals surface area (Å²) in [6.45, 7) is 3.70. The molecule has 0 radical (unpaired) electrons. The Kier molecular flexibility index (Phi) is 2.82. The molecule has 0 aliphatic carbocycles. The molecule has 0 saturated carbocycles. The van der Waals surface area contributed by atoms with Crippen molar-refractivity contribution in [3.05, 3.63) is 34.7 Å². The van der Waals surface area contributed by atoms with Gasteiger partial charge in [-0.25, -0.2) is 4.98 Å². The van der Waals surface area contributed by atoms with Gasteiger partial charge in [0.1, 0.15) is 5.01 Å². The summed E-state index contributed by atoms with van der Waals surface area (Å²) in [6, 6.07) is 8.85. The first kappa shape index (κ1) is 13.0. The van der Waals surface area contributed by atoms with E-state index in [4.69, 9.17) is 15.5 Å². The Morgan fingerprint density at radius 3 is 2.82 bits per heavy atom. The molecule has 3 aromatic rings. The van der Waals surface area contributed by atoms with Crippen LogP contribution >= 0.6 is 22.7 Å². The maximum atomic E-state index is 6.32. The zero-order valence-electron chi connectivity index (χ0n) is 11.9. The minimum Gasteiger partial charge on any atom is -0.390 e. The number of nitrogens with zero attached hydrogens (tertiary/aromatic N) is 2. The van der Waals surface area contributed by atoms with Crippen molar-refractivity contribution in [2.45, 2.75) is 19.1 Å². The normalized spacial score (nSPS) is 18.7. The van der Waals surface area contributed by atoms with Crippen LogP contribution in [0.5, 0.6) is 0 Å². The Morgan fingerprint density at radius 2 is 2.05 bits per heavy atom. The van der Waals surface area contributed by atoms with Crippen LogP contribution in [-0.2, 0) is 17.8 Å². The highest BCUT2D eigenvalue weighted by Crippen LogP contribution is 2.46. The zero-order chi connectivity index (χ0) is 14.7. The first-order chi connectivity index (χ1) is 10.8. The van der Waals surface area contributed by atoms with Gasteiger partial charge in [-0.05, 0) is 17.7 Å². The van der Waals surface area contributed by atoms with Crippen LogP contribution in [0, 0.1) is 0 Å². The molecular weight excluding hydrogens is 314 g/mol.